The summed E-state index contributed by atoms with van der Waals surface area (Å²) >= 11 is 1.76. The molecular weight excluding hydrogens is 238 g/mol. The average Bonchev–Trinajstić information content (AvgIpc) is 2.25. The predicted molar refractivity (Wildman–Crippen MR) is 70.2 cm³/mol. The van der Waals surface area contributed by atoms with E-state index in [-0.39, 0.29) is 11.7 Å². The fraction of sp³-hybridized carbons (Fsp3) is 0.818. The SMILES string of the molecule is CSCC(C)CNC(=O)C1(C(N)=NO)CCC1. The largest absolute Gasteiger partial charge is 0.409 e. The molecule has 0 spiro atoms. The van der Waals surface area contributed by atoms with E-state index in [0.717, 1.165) is 12.2 Å². The highest BCUT2D eigenvalue weighted by molar-refractivity contribution is 7.98. The van der Waals surface area contributed by atoms with Crippen LogP contribution in [0.2, 0.25) is 0 Å². The van der Waals surface area contributed by atoms with E-state index in [2.05, 4.69) is 17.4 Å². The van der Waals surface area contributed by atoms with Crippen molar-refractivity contribution in [2.24, 2.45) is 22.2 Å². The van der Waals surface area contributed by atoms with Crippen LogP contribution in [0.3, 0.4) is 0 Å². The molecule has 1 saturated carbocycles. The Morgan fingerprint density at radius 3 is 2.71 bits per heavy atom. The van der Waals surface area contributed by atoms with Crippen LogP contribution in [0.15, 0.2) is 5.16 Å². The molecule has 0 aromatic heterocycles. The number of nitrogens with zero attached hydrogens (tertiary/aromatic N) is 1. The molecule has 5 nitrogen and oxygen atoms in total. The number of thioether (sulfide) groups is 1. The molecule has 1 amide bonds. The molecule has 1 unspecified atom stereocenters. The maximum absolute atomic E-state index is 12.1. The Kier molecular flexibility index (Phi) is 5.11. The molecule has 17 heavy (non-hydrogen) atoms. The van der Waals surface area contributed by atoms with Crippen LogP contribution in [0.1, 0.15) is 26.2 Å². The van der Waals surface area contributed by atoms with Crippen molar-refractivity contribution in [1.82, 2.24) is 5.32 Å². The second kappa shape index (κ2) is 6.14. The third-order valence-corrected chi connectivity index (χ3v) is 4.20. The molecule has 1 fully saturated rings. The van der Waals surface area contributed by atoms with E-state index < -0.39 is 5.41 Å². The van der Waals surface area contributed by atoms with Gasteiger partial charge in [-0.2, -0.15) is 11.8 Å². The van der Waals surface area contributed by atoms with E-state index in [9.17, 15) is 4.79 Å². The number of hydrogen-bond acceptors (Lipinski definition) is 4. The van der Waals surface area contributed by atoms with Gasteiger partial charge in [-0.3, -0.25) is 4.79 Å². The molecule has 0 bridgehead atoms. The van der Waals surface area contributed by atoms with Crippen molar-refractivity contribution in [2.75, 3.05) is 18.6 Å². The van der Waals surface area contributed by atoms with Gasteiger partial charge in [0.2, 0.25) is 5.91 Å². The molecule has 0 aromatic carbocycles. The average molecular weight is 259 g/mol. The van der Waals surface area contributed by atoms with Crippen LogP contribution in [0.25, 0.3) is 0 Å². The number of carbonyl (C=O) groups excluding carboxylic acids is 1. The van der Waals surface area contributed by atoms with E-state index in [1.807, 2.05) is 6.26 Å². The van der Waals surface area contributed by atoms with Crippen LogP contribution in [-0.4, -0.2) is 35.5 Å². The number of amidine groups is 1. The van der Waals surface area contributed by atoms with Gasteiger partial charge in [-0.05, 0) is 30.8 Å². The van der Waals surface area contributed by atoms with Crippen LogP contribution in [0.5, 0.6) is 0 Å². The highest BCUT2D eigenvalue weighted by Crippen LogP contribution is 2.41. The van der Waals surface area contributed by atoms with Crippen molar-refractivity contribution in [3.8, 4) is 0 Å². The Hall–Kier alpha value is -0.910. The fourth-order valence-electron chi connectivity index (χ4n) is 2.01. The summed E-state index contributed by atoms with van der Waals surface area (Å²) < 4.78 is 0. The highest BCUT2D eigenvalue weighted by atomic mass is 32.2. The Balaban J connectivity index is 2.51. The first kappa shape index (κ1) is 14.2. The van der Waals surface area contributed by atoms with Crippen LogP contribution in [-0.2, 0) is 4.79 Å². The minimum absolute atomic E-state index is 0.0405. The van der Waals surface area contributed by atoms with E-state index >= 15 is 0 Å². The first-order valence-electron chi connectivity index (χ1n) is 5.82. The summed E-state index contributed by atoms with van der Waals surface area (Å²) in [7, 11) is 0. The van der Waals surface area contributed by atoms with Gasteiger partial charge in [-0.1, -0.05) is 18.5 Å². The number of rotatable bonds is 6. The van der Waals surface area contributed by atoms with Gasteiger partial charge in [0.15, 0.2) is 5.84 Å². The van der Waals surface area contributed by atoms with Gasteiger partial charge in [0.1, 0.15) is 5.41 Å². The van der Waals surface area contributed by atoms with Crippen LogP contribution in [0, 0.1) is 11.3 Å². The van der Waals surface area contributed by atoms with E-state index in [4.69, 9.17) is 10.9 Å². The molecule has 4 N–H and O–H groups in total. The summed E-state index contributed by atoms with van der Waals surface area (Å²) in [5.74, 6) is 1.38. The summed E-state index contributed by atoms with van der Waals surface area (Å²) in [5.41, 5.74) is 4.86. The standard InChI is InChI=1S/C11H21N3O2S/c1-8(7-17-2)6-13-10(15)11(4-3-5-11)9(12)14-16/h8,16H,3-7H2,1-2H3,(H2,12,14)(H,13,15). The van der Waals surface area contributed by atoms with Crippen LogP contribution < -0.4 is 11.1 Å². The predicted octanol–water partition coefficient (Wildman–Crippen LogP) is 1.02. The second-order valence-corrected chi connectivity index (χ2v) is 5.60. The van der Waals surface area contributed by atoms with Crippen molar-refractivity contribution >= 4 is 23.5 Å². The van der Waals surface area contributed by atoms with E-state index in [1.165, 1.54) is 0 Å². The first-order chi connectivity index (χ1) is 8.06. The van der Waals surface area contributed by atoms with Crippen molar-refractivity contribution in [3.05, 3.63) is 0 Å². The zero-order chi connectivity index (χ0) is 12.9. The molecule has 0 heterocycles. The van der Waals surface area contributed by atoms with Gasteiger partial charge in [-0.25, -0.2) is 0 Å². The topological polar surface area (TPSA) is 87.7 Å². The van der Waals surface area contributed by atoms with Crippen molar-refractivity contribution in [2.45, 2.75) is 26.2 Å². The molecule has 98 valence electrons. The molecular formula is C11H21N3O2S. The lowest BCUT2D eigenvalue weighted by molar-refractivity contribution is -0.131. The minimum Gasteiger partial charge on any atom is -0.409 e. The quantitative estimate of drug-likeness (QED) is 0.287. The van der Waals surface area contributed by atoms with Gasteiger partial charge in [-0.15, -0.1) is 0 Å². The maximum Gasteiger partial charge on any atom is 0.233 e. The number of amides is 1. The lowest BCUT2D eigenvalue weighted by atomic mass is 9.67. The molecule has 1 aliphatic carbocycles. The molecule has 0 aliphatic heterocycles. The third kappa shape index (κ3) is 3.06. The molecule has 1 rings (SSSR count). The number of carbonyl (C=O) groups is 1. The fourth-order valence-corrected chi connectivity index (χ4v) is 2.69. The Morgan fingerprint density at radius 1 is 1.65 bits per heavy atom. The molecule has 0 radical (unpaired) electrons. The maximum atomic E-state index is 12.1. The molecule has 1 aliphatic rings. The van der Waals surface area contributed by atoms with E-state index in [0.29, 0.717) is 25.3 Å². The highest BCUT2D eigenvalue weighted by Gasteiger charge is 2.48. The molecule has 0 aromatic rings. The number of nitrogens with two attached hydrogens (primary N) is 1. The smallest absolute Gasteiger partial charge is 0.233 e. The second-order valence-electron chi connectivity index (χ2n) is 4.69. The van der Waals surface area contributed by atoms with Crippen LogP contribution >= 0.6 is 11.8 Å². The van der Waals surface area contributed by atoms with E-state index in [1.54, 1.807) is 11.8 Å². The first-order valence-corrected chi connectivity index (χ1v) is 7.21. The normalized spacial score (nSPS) is 20.5. The molecule has 6 heteroatoms. The Bertz CT molecular complexity index is 303. The number of oxime groups is 1. The van der Waals surface area contributed by atoms with Crippen molar-refractivity contribution < 1.29 is 10.0 Å². The summed E-state index contributed by atoms with van der Waals surface area (Å²) in [6.07, 6.45) is 4.34. The lowest BCUT2D eigenvalue weighted by Gasteiger charge is -2.38. The van der Waals surface area contributed by atoms with Gasteiger partial charge in [0.25, 0.3) is 0 Å². The molecule has 0 saturated heterocycles. The Labute approximate surface area is 106 Å². The van der Waals surface area contributed by atoms with Gasteiger partial charge < -0.3 is 16.3 Å². The van der Waals surface area contributed by atoms with Crippen molar-refractivity contribution in [3.63, 3.8) is 0 Å². The summed E-state index contributed by atoms with van der Waals surface area (Å²) in [5, 5.41) is 14.6. The van der Waals surface area contributed by atoms with Gasteiger partial charge in [0, 0.05) is 6.54 Å². The van der Waals surface area contributed by atoms with Crippen LogP contribution in [0.4, 0.5) is 0 Å². The summed E-state index contributed by atoms with van der Waals surface area (Å²) in [6.45, 7) is 2.73. The van der Waals surface area contributed by atoms with Gasteiger partial charge >= 0.3 is 0 Å². The number of hydrogen-bond donors (Lipinski definition) is 3. The zero-order valence-corrected chi connectivity index (χ0v) is 11.2. The third-order valence-electron chi connectivity index (χ3n) is 3.30. The summed E-state index contributed by atoms with van der Waals surface area (Å²) in [4.78, 5) is 12.1. The molecule has 1 atom stereocenters. The Morgan fingerprint density at radius 2 is 2.29 bits per heavy atom. The lowest BCUT2D eigenvalue weighted by Crippen LogP contribution is -2.54. The zero-order valence-electron chi connectivity index (χ0n) is 10.4. The van der Waals surface area contributed by atoms with Crippen molar-refractivity contribution in [1.29, 1.82) is 0 Å². The monoisotopic (exact) mass is 259 g/mol. The van der Waals surface area contributed by atoms with Gasteiger partial charge in [0.05, 0.1) is 0 Å². The minimum atomic E-state index is -0.756. The summed E-state index contributed by atoms with van der Waals surface area (Å²) in [6, 6.07) is 0. The number of nitrogens with one attached hydrogen (secondary N) is 1.